The van der Waals surface area contributed by atoms with Crippen molar-refractivity contribution >= 4 is 12.0 Å². The second-order valence-corrected chi connectivity index (χ2v) is 3.56. The topological polar surface area (TPSA) is 61.9 Å². The highest BCUT2D eigenvalue weighted by atomic mass is 16.3. The second-order valence-electron chi connectivity index (χ2n) is 3.56. The molecule has 0 radical (unpaired) electrons. The molecule has 0 amide bonds. The van der Waals surface area contributed by atoms with E-state index in [-0.39, 0.29) is 6.54 Å². The number of aliphatic hydroxyl groups is 1. The van der Waals surface area contributed by atoms with Crippen molar-refractivity contribution in [3.63, 3.8) is 0 Å². The van der Waals surface area contributed by atoms with Crippen molar-refractivity contribution in [2.45, 2.75) is 6.10 Å². The van der Waals surface area contributed by atoms with Crippen molar-refractivity contribution < 1.29 is 5.11 Å². The summed E-state index contributed by atoms with van der Waals surface area (Å²) < 4.78 is 0. The fourth-order valence-electron chi connectivity index (χ4n) is 1.62. The number of aliphatic hydroxyl groups excluding tert-OH is 1. The molecular formula is C11H15N3O. The highest BCUT2D eigenvalue weighted by molar-refractivity contribution is 5.81. The van der Waals surface area contributed by atoms with E-state index in [4.69, 9.17) is 5.73 Å². The predicted molar refractivity (Wildman–Crippen MR) is 61.2 cm³/mol. The van der Waals surface area contributed by atoms with Gasteiger partial charge in [-0.1, -0.05) is 12.1 Å². The third kappa shape index (κ3) is 2.16. The molecule has 0 aliphatic carbocycles. The maximum absolute atomic E-state index is 9.62. The monoisotopic (exact) mass is 205 g/mol. The van der Waals surface area contributed by atoms with Crippen molar-refractivity contribution in [1.82, 2.24) is 0 Å². The number of anilines is 1. The molecule has 0 aromatic heterocycles. The number of hydrogen-bond acceptors (Lipinski definition) is 4. The molecule has 1 aromatic rings. The molecule has 0 saturated heterocycles. The molecule has 1 atom stereocenters. The van der Waals surface area contributed by atoms with Gasteiger partial charge < -0.3 is 15.7 Å². The van der Waals surface area contributed by atoms with Crippen LogP contribution in [0.2, 0.25) is 0 Å². The minimum absolute atomic E-state index is 0.248. The Balaban J connectivity index is 2.22. The molecule has 1 aromatic carbocycles. The van der Waals surface area contributed by atoms with Crippen LogP contribution < -0.4 is 10.6 Å². The number of benzene rings is 1. The zero-order valence-electron chi connectivity index (χ0n) is 8.50. The fourth-order valence-corrected chi connectivity index (χ4v) is 1.62. The average Bonchev–Trinajstić information content (AvgIpc) is 2.82. The predicted octanol–water partition coefficient (Wildman–Crippen LogP) is 0.527. The van der Waals surface area contributed by atoms with Crippen LogP contribution in [-0.2, 0) is 0 Å². The van der Waals surface area contributed by atoms with E-state index in [1.165, 1.54) is 0 Å². The van der Waals surface area contributed by atoms with Gasteiger partial charge in [0.05, 0.1) is 19.0 Å². The SMILES string of the molecule is NCC(O)c1cccc(N2C=NCC2)c1. The first-order valence-corrected chi connectivity index (χ1v) is 5.06. The Bertz CT molecular complexity index is 365. The summed E-state index contributed by atoms with van der Waals surface area (Å²) in [6, 6.07) is 7.77. The van der Waals surface area contributed by atoms with E-state index in [0.29, 0.717) is 0 Å². The van der Waals surface area contributed by atoms with E-state index in [1.807, 2.05) is 30.6 Å². The molecule has 3 N–H and O–H groups in total. The third-order valence-corrected chi connectivity index (χ3v) is 2.50. The van der Waals surface area contributed by atoms with Crippen LogP contribution in [0.15, 0.2) is 29.3 Å². The van der Waals surface area contributed by atoms with Gasteiger partial charge in [0.15, 0.2) is 0 Å². The number of nitrogens with zero attached hydrogens (tertiary/aromatic N) is 2. The van der Waals surface area contributed by atoms with Crippen LogP contribution in [0.4, 0.5) is 5.69 Å². The quantitative estimate of drug-likeness (QED) is 0.756. The van der Waals surface area contributed by atoms with Crippen LogP contribution in [0.1, 0.15) is 11.7 Å². The summed E-state index contributed by atoms with van der Waals surface area (Å²) in [5.74, 6) is 0. The van der Waals surface area contributed by atoms with E-state index in [9.17, 15) is 5.11 Å². The lowest BCUT2D eigenvalue weighted by Crippen LogP contribution is -2.19. The third-order valence-electron chi connectivity index (χ3n) is 2.50. The number of hydrogen-bond donors (Lipinski definition) is 2. The second kappa shape index (κ2) is 4.42. The lowest BCUT2D eigenvalue weighted by Gasteiger charge is -2.16. The molecule has 4 nitrogen and oxygen atoms in total. The molecule has 1 aliphatic heterocycles. The summed E-state index contributed by atoms with van der Waals surface area (Å²) in [6.07, 6.45) is 1.25. The Morgan fingerprint density at radius 2 is 2.40 bits per heavy atom. The number of nitrogens with two attached hydrogens (primary N) is 1. The molecule has 15 heavy (non-hydrogen) atoms. The zero-order valence-corrected chi connectivity index (χ0v) is 8.50. The number of rotatable bonds is 3. The minimum atomic E-state index is -0.579. The van der Waals surface area contributed by atoms with Gasteiger partial charge in [0.25, 0.3) is 0 Å². The fraction of sp³-hybridized carbons (Fsp3) is 0.364. The Morgan fingerprint density at radius 1 is 1.53 bits per heavy atom. The molecule has 0 fully saturated rings. The molecule has 0 spiro atoms. The lowest BCUT2D eigenvalue weighted by atomic mass is 10.1. The summed E-state index contributed by atoms with van der Waals surface area (Å²) in [5.41, 5.74) is 7.33. The largest absolute Gasteiger partial charge is 0.387 e. The number of aliphatic imine (C=N–C) groups is 1. The standard InChI is InChI=1S/C11H15N3O/c12-7-11(15)9-2-1-3-10(6-9)14-5-4-13-8-14/h1-3,6,8,11,15H,4-5,7,12H2. The van der Waals surface area contributed by atoms with Gasteiger partial charge in [-0.05, 0) is 17.7 Å². The molecule has 2 rings (SSSR count). The van der Waals surface area contributed by atoms with Crippen LogP contribution in [0.3, 0.4) is 0 Å². The Morgan fingerprint density at radius 3 is 3.07 bits per heavy atom. The summed E-state index contributed by atoms with van der Waals surface area (Å²) in [5, 5.41) is 9.62. The van der Waals surface area contributed by atoms with E-state index in [1.54, 1.807) is 0 Å². The van der Waals surface area contributed by atoms with Gasteiger partial charge in [-0.15, -0.1) is 0 Å². The Labute approximate surface area is 89.0 Å². The van der Waals surface area contributed by atoms with Gasteiger partial charge >= 0.3 is 0 Å². The minimum Gasteiger partial charge on any atom is -0.387 e. The first-order valence-electron chi connectivity index (χ1n) is 5.06. The maximum atomic E-state index is 9.62. The van der Waals surface area contributed by atoms with Crippen LogP contribution in [0.5, 0.6) is 0 Å². The van der Waals surface area contributed by atoms with Crippen LogP contribution in [0, 0.1) is 0 Å². The summed E-state index contributed by atoms with van der Waals surface area (Å²) in [4.78, 5) is 6.21. The van der Waals surface area contributed by atoms with Crippen molar-refractivity contribution in [2.24, 2.45) is 10.7 Å². The molecular weight excluding hydrogens is 190 g/mol. The summed E-state index contributed by atoms with van der Waals surface area (Å²) >= 11 is 0. The molecule has 1 heterocycles. The van der Waals surface area contributed by atoms with Crippen LogP contribution in [-0.4, -0.2) is 31.1 Å². The zero-order chi connectivity index (χ0) is 10.7. The van der Waals surface area contributed by atoms with Crippen molar-refractivity contribution in [3.8, 4) is 0 Å². The van der Waals surface area contributed by atoms with Gasteiger partial charge in [-0.3, -0.25) is 4.99 Å². The average molecular weight is 205 g/mol. The first-order chi connectivity index (χ1) is 7.31. The highest BCUT2D eigenvalue weighted by Crippen LogP contribution is 2.20. The smallest absolute Gasteiger partial charge is 0.0912 e. The molecule has 1 aliphatic rings. The first kappa shape index (κ1) is 10.1. The molecule has 0 saturated carbocycles. The molecule has 0 bridgehead atoms. The summed E-state index contributed by atoms with van der Waals surface area (Å²) in [7, 11) is 0. The van der Waals surface area contributed by atoms with Crippen LogP contribution in [0.25, 0.3) is 0 Å². The maximum Gasteiger partial charge on any atom is 0.0912 e. The van der Waals surface area contributed by atoms with E-state index >= 15 is 0 Å². The van der Waals surface area contributed by atoms with Crippen molar-refractivity contribution in [2.75, 3.05) is 24.5 Å². The van der Waals surface area contributed by atoms with Gasteiger partial charge in [0.1, 0.15) is 0 Å². The highest BCUT2D eigenvalue weighted by Gasteiger charge is 2.10. The molecule has 80 valence electrons. The van der Waals surface area contributed by atoms with Crippen molar-refractivity contribution in [1.29, 1.82) is 0 Å². The van der Waals surface area contributed by atoms with Gasteiger partial charge in [0, 0.05) is 18.8 Å². The summed E-state index contributed by atoms with van der Waals surface area (Å²) in [6.45, 7) is 1.99. The lowest BCUT2D eigenvalue weighted by molar-refractivity contribution is 0.187. The Hall–Kier alpha value is -1.39. The van der Waals surface area contributed by atoms with Gasteiger partial charge in [-0.25, -0.2) is 0 Å². The van der Waals surface area contributed by atoms with E-state index in [0.717, 1.165) is 24.3 Å². The van der Waals surface area contributed by atoms with E-state index in [2.05, 4.69) is 9.89 Å². The molecule has 4 heteroatoms. The van der Waals surface area contributed by atoms with Gasteiger partial charge in [-0.2, -0.15) is 0 Å². The Kier molecular flexibility index (Phi) is 2.99. The van der Waals surface area contributed by atoms with E-state index < -0.39 is 6.10 Å². The van der Waals surface area contributed by atoms with Crippen LogP contribution >= 0.6 is 0 Å². The van der Waals surface area contributed by atoms with Gasteiger partial charge in [0.2, 0.25) is 0 Å². The normalized spacial score (nSPS) is 17.1. The molecule has 1 unspecified atom stereocenters. The van der Waals surface area contributed by atoms with Crippen molar-refractivity contribution in [3.05, 3.63) is 29.8 Å².